The Balaban J connectivity index is 2.34. The SMILES string of the molecule is Cc1ccc(=O)n(Cc2ccc(CN)cc2Cl)n1. The highest BCUT2D eigenvalue weighted by atomic mass is 35.5. The van der Waals surface area contributed by atoms with Gasteiger partial charge in [0.05, 0.1) is 12.2 Å². The zero-order valence-corrected chi connectivity index (χ0v) is 10.8. The van der Waals surface area contributed by atoms with E-state index in [9.17, 15) is 4.79 Å². The van der Waals surface area contributed by atoms with Crippen molar-refractivity contribution in [3.8, 4) is 0 Å². The van der Waals surface area contributed by atoms with Gasteiger partial charge in [-0.3, -0.25) is 4.79 Å². The first-order valence-corrected chi connectivity index (χ1v) is 6.00. The van der Waals surface area contributed by atoms with Gasteiger partial charge < -0.3 is 5.73 Å². The summed E-state index contributed by atoms with van der Waals surface area (Å²) in [5, 5.41) is 4.78. The van der Waals surface area contributed by atoms with Crippen LogP contribution in [0.1, 0.15) is 16.8 Å². The lowest BCUT2D eigenvalue weighted by Gasteiger charge is -2.08. The third kappa shape index (κ3) is 2.78. The quantitative estimate of drug-likeness (QED) is 0.917. The van der Waals surface area contributed by atoms with Gasteiger partial charge in [-0.25, -0.2) is 4.68 Å². The summed E-state index contributed by atoms with van der Waals surface area (Å²) in [5.74, 6) is 0. The van der Waals surface area contributed by atoms with E-state index in [-0.39, 0.29) is 5.56 Å². The molecule has 0 aliphatic rings. The first-order chi connectivity index (χ1) is 8.60. The van der Waals surface area contributed by atoms with Crippen LogP contribution in [0.3, 0.4) is 0 Å². The molecule has 0 aliphatic carbocycles. The molecule has 2 rings (SSSR count). The predicted octanol–water partition coefficient (Wildman–Crippen LogP) is 1.71. The van der Waals surface area contributed by atoms with Crippen molar-refractivity contribution in [3.63, 3.8) is 0 Å². The normalized spacial score (nSPS) is 10.6. The second-order valence-electron chi connectivity index (χ2n) is 4.10. The summed E-state index contributed by atoms with van der Waals surface area (Å²) in [7, 11) is 0. The van der Waals surface area contributed by atoms with Gasteiger partial charge >= 0.3 is 0 Å². The summed E-state index contributed by atoms with van der Waals surface area (Å²) >= 11 is 6.15. The van der Waals surface area contributed by atoms with E-state index in [0.29, 0.717) is 18.1 Å². The molecule has 0 aliphatic heterocycles. The lowest BCUT2D eigenvalue weighted by atomic mass is 10.1. The first kappa shape index (κ1) is 12.8. The Morgan fingerprint density at radius 2 is 2.11 bits per heavy atom. The van der Waals surface area contributed by atoms with Crippen LogP contribution in [-0.4, -0.2) is 9.78 Å². The van der Waals surface area contributed by atoms with Gasteiger partial charge in [0.1, 0.15) is 0 Å². The molecule has 2 N–H and O–H groups in total. The molecule has 0 spiro atoms. The van der Waals surface area contributed by atoms with Crippen LogP contribution in [0.15, 0.2) is 35.1 Å². The van der Waals surface area contributed by atoms with Crippen LogP contribution in [0.4, 0.5) is 0 Å². The van der Waals surface area contributed by atoms with E-state index in [4.69, 9.17) is 17.3 Å². The van der Waals surface area contributed by atoms with Crippen molar-refractivity contribution in [2.75, 3.05) is 0 Å². The molecule has 0 radical (unpaired) electrons. The van der Waals surface area contributed by atoms with Crippen molar-refractivity contribution in [1.29, 1.82) is 0 Å². The van der Waals surface area contributed by atoms with Crippen LogP contribution in [0.25, 0.3) is 0 Å². The fourth-order valence-corrected chi connectivity index (χ4v) is 1.93. The minimum atomic E-state index is -0.139. The molecule has 4 nitrogen and oxygen atoms in total. The highest BCUT2D eigenvalue weighted by Gasteiger charge is 2.05. The van der Waals surface area contributed by atoms with Gasteiger partial charge in [0.25, 0.3) is 5.56 Å². The molecule has 0 bridgehead atoms. The van der Waals surface area contributed by atoms with Crippen molar-refractivity contribution in [2.24, 2.45) is 5.73 Å². The van der Waals surface area contributed by atoms with Crippen LogP contribution in [0, 0.1) is 6.92 Å². The van der Waals surface area contributed by atoms with E-state index >= 15 is 0 Å². The number of hydrogen-bond acceptors (Lipinski definition) is 3. The Bertz CT molecular complexity index is 622. The van der Waals surface area contributed by atoms with E-state index in [1.54, 1.807) is 6.07 Å². The monoisotopic (exact) mass is 263 g/mol. The van der Waals surface area contributed by atoms with Gasteiger partial charge in [-0.15, -0.1) is 0 Å². The van der Waals surface area contributed by atoms with Crippen LogP contribution in [-0.2, 0) is 13.1 Å². The number of nitrogens with zero attached hydrogens (tertiary/aromatic N) is 2. The van der Waals surface area contributed by atoms with Gasteiger partial charge in [-0.2, -0.15) is 5.10 Å². The summed E-state index contributed by atoms with van der Waals surface area (Å²) in [5.41, 5.74) is 8.02. The Kier molecular flexibility index (Phi) is 3.79. The maximum Gasteiger partial charge on any atom is 0.267 e. The third-order valence-electron chi connectivity index (χ3n) is 2.67. The Morgan fingerprint density at radius 1 is 1.33 bits per heavy atom. The first-order valence-electron chi connectivity index (χ1n) is 5.62. The maximum absolute atomic E-state index is 11.6. The number of aryl methyl sites for hydroxylation is 1. The third-order valence-corrected chi connectivity index (χ3v) is 3.03. The number of rotatable bonds is 3. The van der Waals surface area contributed by atoms with E-state index in [2.05, 4.69) is 5.10 Å². The molecule has 0 unspecified atom stereocenters. The molecule has 2 aromatic rings. The second kappa shape index (κ2) is 5.33. The zero-order chi connectivity index (χ0) is 13.1. The van der Waals surface area contributed by atoms with Crippen LogP contribution in [0.5, 0.6) is 0 Å². The van der Waals surface area contributed by atoms with E-state index in [1.165, 1.54) is 10.7 Å². The number of nitrogens with two attached hydrogens (primary N) is 1. The number of aromatic nitrogens is 2. The fourth-order valence-electron chi connectivity index (χ4n) is 1.67. The maximum atomic E-state index is 11.6. The zero-order valence-electron chi connectivity index (χ0n) is 10.1. The molecule has 5 heteroatoms. The van der Waals surface area contributed by atoms with Gasteiger partial charge in [-0.05, 0) is 30.2 Å². The molecular formula is C13H14ClN3O. The highest BCUT2D eigenvalue weighted by Crippen LogP contribution is 2.18. The van der Waals surface area contributed by atoms with Crippen molar-refractivity contribution in [1.82, 2.24) is 9.78 Å². The Morgan fingerprint density at radius 3 is 2.78 bits per heavy atom. The van der Waals surface area contributed by atoms with Crippen molar-refractivity contribution < 1.29 is 0 Å². The lowest BCUT2D eigenvalue weighted by molar-refractivity contribution is 0.628. The molecule has 94 valence electrons. The van der Waals surface area contributed by atoms with E-state index in [0.717, 1.165) is 16.8 Å². The smallest absolute Gasteiger partial charge is 0.267 e. The Labute approximate surface area is 110 Å². The molecule has 0 atom stereocenters. The molecular weight excluding hydrogens is 250 g/mol. The fraction of sp³-hybridized carbons (Fsp3) is 0.231. The largest absolute Gasteiger partial charge is 0.326 e. The van der Waals surface area contributed by atoms with Gasteiger partial charge in [0.15, 0.2) is 0 Å². The Hall–Kier alpha value is -1.65. The number of halogens is 1. The molecule has 1 aromatic heterocycles. The number of benzene rings is 1. The number of hydrogen-bond donors (Lipinski definition) is 1. The van der Waals surface area contributed by atoms with Gasteiger partial charge in [-0.1, -0.05) is 23.7 Å². The average Bonchev–Trinajstić information content (AvgIpc) is 2.36. The molecule has 0 fully saturated rings. The van der Waals surface area contributed by atoms with Crippen LogP contribution >= 0.6 is 11.6 Å². The molecule has 0 saturated heterocycles. The molecule has 0 amide bonds. The molecule has 1 aromatic carbocycles. The topological polar surface area (TPSA) is 60.9 Å². The van der Waals surface area contributed by atoms with Crippen LogP contribution in [0.2, 0.25) is 5.02 Å². The lowest BCUT2D eigenvalue weighted by Crippen LogP contribution is -2.23. The highest BCUT2D eigenvalue weighted by molar-refractivity contribution is 6.31. The minimum absolute atomic E-state index is 0.139. The summed E-state index contributed by atoms with van der Waals surface area (Å²) in [6, 6.07) is 8.79. The summed E-state index contributed by atoms with van der Waals surface area (Å²) in [6.07, 6.45) is 0. The molecule has 0 saturated carbocycles. The van der Waals surface area contributed by atoms with Crippen molar-refractivity contribution in [3.05, 3.63) is 62.5 Å². The van der Waals surface area contributed by atoms with Crippen LogP contribution < -0.4 is 11.3 Å². The summed E-state index contributed by atoms with van der Waals surface area (Å²) in [4.78, 5) is 11.6. The minimum Gasteiger partial charge on any atom is -0.326 e. The van der Waals surface area contributed by atoms with Gasteiger partial charge in [0, 0.05) is 17.6 Å². The standard InChI is InChI=1S/C13H14ClN3O/c1-9-2-5-13(18)17(16-9)8-11-4-3-10(7-15)6-12(11)14/h2-6H,7-8,15H2,1H3. The second-order valence-corrected chi connectivity index (χ2v) is 4.51. The molecule has 1 heterocycles. The average molecular weight is 264 g/mol. The summed E-state index contributed by atoms with van der Waals surface area (Å²) in [6.45, 7) is 2.65. The van der Waals surface area contributed by atoms with Gasteiger partial charge in [0.2, 0.25) is 0 Å². The van der Waals surface area contributed by atoms with Crippen molar-refractivity contribution >= 4 is 11.6 Å². The van der Waals surface area contributed by atoms with E-state index in [1.807, 2.05) is 25.1 Å². The predicted molar refractivity (Wildman–Crippen MR) is 71.7 cm³/mol. The molecule has 18 heavy (non-hydrogen) atoms. The van der Waals surface area contributed by atoms with Crippen molar-refractivity contribution in [2.45, 2.75) is 20.0 Å². The summed E-state index contributed by atoms with van der Waals surface area (Å²) < 4.78 is 1.40. The van der Waals surface area contributed by atoms with E-state index < -0.39 is 0 Å².